The van der Waals surface area contributed by atoms with Gasteiger partial charge in [0, 0.05) is 11.1 Å². The molecule has 9 heteroatoms. The third-order valence-electron chi connectivity index (χ3n) is 5.39. The fraction of sp³-hybridized carbons (Fsp3) is 0.308. The lowest BCUT2D eigenvalue weighted by atomic mass is 9.94. The van der Waals surface area contributed by atoms with Gasteiger partial charge in [0.2, 0.25) is 0 Å². The van der Waals surface area contributed by atoms with Crippen molar-refractivity contribution in [1.82, 2.24) is 4.90 Å². The minimum absolute atomic E-state index is 0.110. The molecule has 0 bridgehead atoms. The van der Waals surface area contributed by atoms with Crippen molar-refractivity contribution in [2.45, 2.75) is 39.7 Å². The van der Waals surface area contributed by atoms with Crippen LogP contribution >= 0.6 is 11.6 Å². The molecule has 0 spiro atoms. The van der Waals surface area contributed by atoms with Gasteiger partial charge in [-0.15, -0.1) is 0 Å². The number of halogens is 1. The van der Waals surface area contributed by atoms with Crippen molar-refractivity contribution >= 4 is 35.5 Å². The van der Waals surface area contributed by atoms with E-state index in [9.17, 15) is 24.8 Å². The Bertz CT molecular complexity index is 1260. The number of hydrogen-bond donors (Lipinski definition) is 1. The van der Waals surface area contributed by atoms with E-state index in [4.69, 9.17) is 20.8 Å². The molecule has 2 heterocycles. The monoisotopic (exact) mass is 496 g/mol. The van der Waals surface area contributed by atoms with Crippen molar-refractivity contribution < 1.29 is 28.6 Å². The first-order valence-corrected chi connectivity index (χ1v) is 11.5. The molecule has 8 nitrogen and oxygen atoms in total. The highest BCUT2D eigenvalue weighted by molar-refractivity contribution is 6.33. The number of benzene rings is 1. The molecule has 1 aromatic carbocycles. The summed E-state index contributed by atoms with van der Waals surface area (Å²) in [5.74, 6) is -1.19. The third-order valence-corrected chi connectivity index (χ3v) is 5.72. The number of unbranched alkanes of at least 4 members (excludes halogenated alkanes) is 1. The Morgan fingerprint density at radius 2 is 2.03 bits per heavy atom. The lowest BCUT2D eigenvalue weighted by Crippen LogP contribution is -2.45. The molecule has 1 aliphatic rings. The first-order valence-electron chi connectivity index (χ1n) is 11.1. The van der Waals surface area contributed by atoms with Crippen LogP contribution in [0.25, 0.3) is 17.4 Å². The number of ether oxygens (including phenoxy) is 1. The quantitative estimate of drug-likeness (QED) is 0.246. The van der Waals surface area contributed by atoms with Crippen molar-refractivity contribution in [2.24, 2.45) is 0 Å². The molecule has 1 aliphatic heterocycles. The van der Waals surface area contributed by atoms with Crippen molar-refractivity contribution in [1.29, 1.82) is 5.26 Å². The maximum Gasteiger partial charge on any atom is 0.339 e. The summed E-state index contributed by atoms with van der Waals surface area (Å²) in [4.78, 5) is 38.7. The number of nitrogens with zero attached hydrogens (tertiary/aromatic N) is 2. The van der Waals surface area contributed by atoms with Crippen LogP contribution in [0, 0.1) is 11.3 Å². The second-order valence-corrected chi connectivity index (χ2v) is 8.53. The predicted octanol–water partition coefficient (Wildman–Crippen LogP) is 4.53. The van der Waals surface area contributed by atoms with Crippen LogP contribution in [0.4, 0.5) is 0 Å². The van der Waals surface area contributed by atoms with Crippen molar-refractivity contribution in [3.8, 4) is 17.4 Å². The number of aliphatic hydroxyl groups excluding tert-OH is 1. The van der Waals surface area contributed by atoms with E-state index in [-0.39, 0.29) is 33.9 Å². The summed E-state index contributed by atoms with van der Waals surface area (Å²) in [6.07, 6.45) is 2.13. The van der Waals surface area contributed by atoms with Gasteiger partial charge in [0.25, 0.3) is 11.8 Å². The first kappa shape index (κ1) is 25.9. The second kappa shape index (κ2) is 11.2. The summed E-state index contributed by atoms with van der Waals surface area (Å²) >= 11 is 6.19. The maximum atomic E-state index is 13.0. The average Bonchev–Trinajstić information content (AvgIpc) is 3.29. The number of esters is 1. The molecule has 2 aromatic rings. The second-order valence-electron chi connectivity index (χ2n) is 8.13. The van der Waals surface area contributed by atoms with Gasteiger partial charge in [-0.05, 0) is 62.2 Å². The fourth-order valence-electron chi connectivity index (χ4n) is 3.51. The lowest BCUT2D eigenvalue weighted by molar-refractivity contribution is -0.141. The van der Waals surface area contributed by atoms with Crippen LogP contribution in [-0.2, 0) is 14.3 Å². The Balaban J connectivity index is 1.94. The summed E-state index contributed by atoms with van der Waals surface area (Å²) in [5, 5.41) is 19.4. The van der Waals surface area contributed by atoms with Gasteiger partial charge in [-0.3, -0.25) is 14.5 Å². The number of imide groups is 1. The molecule has 0 fully saturated rings. The van der Waals surface area contributed by atoms with E-state index in [1.54, 1.807) is 30.3 Å². The van der Waals surface area contributed by atoms with Crippen LogP contribution < -0.4 is 0 Å². The van der Waals surface area contributed by atoms with Crippen LogP contribution in [0.1, 0.15) is 49.7 Å². The molecule has 1 N–H and O–H groups in total. The Labute approximate surface area is 208 Å². The average molecular weight is 497 g/mol. The Morgan fingerprint density at radius 1 is 1.29 bits per heavy atom. The first-order chi connectivity index (χ1) is 16.7. The zero-order valence-corrected chi connectivity index (χ0v) is 20.4. The summed E-state index contributed by atoms with van der Waals surface area (Å²) < 4.78 is 11.1. The van der Waals surface area contributed by atoms with Crippen LogP contribution in [0.3, 0.4) is 0 Å². The highest BCUT2D eigenvalue weighted by Crippen LogP contribution is 2.31. The number of furan rings is 1. The number of aliphatic hydroxyl groups is 1. The maximum absolute atomic E-state index is 13.0. The summed E-state index contributed by atoms with van der Waals surface area (Å²) in [5.41, 5.74) is 0.952. The summed E-state index contributed by atoms with van der Waals surface area (Å²) in [6.45, 7) is 5.01. The van der Waals surface area contributed by atoms with E-state index in [0.717, 1.165) is 17.7 Å². The molecule has 3 rings (SSSR count). The number of β-amino-alcohol motifs (C(OH)–C–C–N with tert-alkyl or cyclic N) is 1. The molecule has 0 saturated heterocycles. The fourth-order valence-corrected chi connectivity index (χ4v) is 3.70. The zero-order chi connectivity index (χ0) is 25.7. The van der Waals surface area contributed by atoms with Gasteiger partial charge in [0.1, 0.15) is 23.2 Å². The van der Waals surface area contributed by atoms with Crippen LogP contribution in [0.15, 0.2) is 51.5 Å². The standard InChI is InChI=1S/C26H25ClN2O6/c1-4-5-10-34-26(33)20-11-17(6-8-22(20)27)23-9-7-18(35-23)12-19-16(3)21(13-28)25(32)29(24(19)31)14-15(2)30/h6-9,11-12,15,30H,4-5,10,14H2,1-3H3. The smallest absolute Gasteiger partial charge is 0.339 e. The molecular weight excluding hydrogens is 472 g/mol. The molecule has 0 radical (unpaired) electrons. The van der Waals surface area contributed by atoms with Gasteiger partial charge in [0.05, 0.1) is 29.8 Å². The number of rotatable bonds is 8. The van der Waals surface area contributed by atoms with Gasteiger partial charge in [-0.1, -0.05) is 24.9 Å². The van der Waals surface area contributed by atoms with Crippen LogP contribution in [0.2, 0.25) is 5.02 Å². The topological polar surface area (TPSA) is 121 Å². The number of amides is 2. The molecule has 35 heavy (non-hydrogen) atoms. The SMILES string of the molecule is CCCCOC(=O)c1cc(-c2ccc(C=C3C(=O)N(CC(C)O)C(=O)C(C#N)=C3C)o2)ccc1Cl. The van der Waals surface area contributed by atoms with Gasteiger partial charge in [0.15, 0.2) is 0 Å². The largest absolute Gasteiger partial charge is 0.462 e. The highest BCUT2D eigenvalue weighted by atomic mass is 35.5. The van der Waals surface area contributed by atoms with Gasteiger partial charge < -0.3 is 14.3 Å². The summed E-state index contributed by atoms with van der Waals surface area (Å²) in [6, 6.07) is 9.96. The minimum Gasteiger partial charge on any atom is -0.462 e. The molecular formula is C26H25ClN2O6. The normalized spacial score (nSPS) is 16.0. The van der Waals surface area contributed by atoms with Crippen molar-refractivity contribution in [3.05, 3.63) is 63.4 Å². The molecule has 182 valence electrons. The Kier molecular flexibility index (Phi) is 8.28. The van der Waals surface area contributed by atoms with Gasteiger partial charge in [-0.25, -0.2) is 4.79 Å². The predicted molar refractivity (Wildman–Crippen MR) is 129 cm³/mol. The number of hydrogen-bond acceptors (Lipinski definition) is 7. The number of nitriles is 1. The molecule has 1 atom stereocenters. The van der Waals surface area contributed by atoms with Crippen LogP contribution in [0.5, 0.6) is 0 Å². The van der Waals surface area contributed by atoms with E-state index in [0.29, 0.717) is 23.7 Å². The Hall–Kier alpha value is -3.67. The summed E-state index contributed by atoms with van der Waals surface area (Å²) in [7, 11) is 0. The Morgan fingerprint density at radius 3 is 2.69 bits per heavy atom. The zero-order valence-electron chi connectivity index (χ0n) is 19.6. The number of carbonyl (C=O) groups excluding carboxylic acids is 3. The lowest BCUT2D eigenvalue weighted by Gasteiger charge is -2.28. The van der Waals surface area contributed by atoms with Gasteiger partial charge >= 0.3 is 5.97 Å². The van der Waals surface area contributed by atoms with E-state index >= 15 is 0 Å². The third kappa shape index (κ3) is 5.70. The molecule has 1 unspecified atom stereocenters. The van der Waals surface area contributed by atoms with E-state index in [1.165, 1.54) is 19.9 Å². The molecule has 0 aliphatic carbocycles. The van der Waals surface area contributed by atoms with E-state index in [1.807, 2.05) is 13.0 Å². The molecule has 2 amide bonds. The van der Waals surface area contributed by atoms with E-state index < -0.39 is 23.9 Å². The molecule has 0 saturated carbocycles. The highest BCUT2D eigenvalue weighted by Gasteiger charge is 2.36. The van der Waals surface area contributed by atoms with Crippen molar-refractivity contribution in [2.75, 3.05) is 13.2 Å². The molecule has 1 aromatic heterocycles. The van der Waals surface area contributed by atoms with E-state index in [2.05, 4.69) is 0 Å². The van der Waals surface area contributed by atoms with Crippen LogP contribution in [-0.4, -0.2) is 47.0 Å². The van der Waals surface area contributed by atoms with Crippen molar-refractivity contribution in [3.63, 3.8) is 0 Å². The van der Waals surface area contributed by atoms with Gasteiger partial charge in [-0.2, -0.15) is 5.26 Å². The minimum atomic E-state index is -0.953. The number of carbonyl (C=O) groups is 3.